The van der Waals surface area contributed by atoms with Crippen LogP contribution in [0.3, 0.4) is 0 Å². The molecule has 0 saturated carbocycles. The second-order valence-electron chi connectivity index (χ2n) is 7.87. The van der Waals surface area contributed by atoms with Crippen molar-refractivity contribution in [3.63, 3.8) is 0 Å². The van der Waals surface area contributed by atoms with E-state index in [-0.39, 0.29) is 17.1 Å². The average Bonchev–Trinajstić information content (AvgIpc) is 3.02. The first kappa shape index (κ1) is 23.0. The third kappa shape index (κ3) is 6.17. The minimum absolute atomic E-state index is 0.0623. The molecule has 2 aromatic carbocycles. The summed E-state index contributed by atoms with van der Waals surface area (Å²) >= 11 is 1.15. The maximum absolute atomic E-state index is 12.4. The van der Waals surface area contributed by atoms with E-state index in [9.17, 15) is 26.4 Å². The zero-order valence-corrected chi connectivity index (χ0v) is 18.3. The van der Waals surface area contributed by atoms with Crippen LogP contribution in [0.2, 0.25) is 0 Å². The predicted molar refractivity (Wildman–Crippen MR) is 109 cm³/mol. The van der Waals surface area contributed by atoms with E-state index in [2.05, 4.69) is 9.72 Å². The number of thiazole rings is 1. The van der Waals surface area contributed by atoms with Crippen LogP contribution in [0.25, 0.3) is 20.8 Å². The lowest BCUT2D eigenvalue weighted by Crippen LogP contribution is -2.19. The standard InChI is InChI=1S/C20H18F3NO5S2/c1-19(2,3)11-17(25)29-31(26,27)14-8-9-15-16(10-14)30-18(24-15)12-4-6-13(7-5-12)28-20(21,22)23/h4-10H,11H2,1-3H3. The molecule has 0 unspecified atom stereocenters. The van der Waals surface area contributed by atoms with Crippen molar-refractivity contribution in [3.05, 3.63) is 42.5 Å². The molecule has 0 fully saturated rings. The first-order valence-electron chi connectivity index (χ1n) is 8.96. The van der Waals surface area contributed by atoms with Crippen LogP contribution in [0.5, 0.6) is 5.75 Å². The normalized spacial score (nSPS) is 12.7. The molecule has 0 radical (unpaired) electrons. The van der Waals surface area contributed by atoms with E-state index in [1.807, 2.05) is 0 Å². The van der Waals surface area contributed by atoms with E-state index >= 15 is 0 Å². The SMILES string of the molecule is CC(C)(C)CC(=O)OS(=O)(=O)c1ccc2nc(-c3ccc(OC(F)(F)F)cc3)sc2c1. The lowest BCUT2D eigenvalue weighted by atomic mass is 9.93. The van der Waals surface area contributed by atoms with E-state index < -0.39 is 27.9 Å². The van der Waals surface area contributed by atoms with Gasteiger partial charge in [-0.3, -0.25) is 4.79 Å². The van der Waals surface area contributed by atoms with E-state index in [1.165, 1.54) is 42.5 Å². The van der Waals surface area contributed by atoms with Gasteiger partial charge in [-0.15, -0.1) is 24.5 Å². The van der Waals surface area contributed by atoms with Gasteiger partial charge in [0.2, 0.25) is 0 Å². The molecule has 3 rings (SSSR count). The van der Waals surface area contributed by atoms with Gasteiger partial charge in [-0.05, 0) is 47.9 Å². The Kier molecular flexibility index (Phi) is 6.03. The molecule has 1 aromatic heterocycles. The number of ether oxygens (including phenoxy) is 1. The van der Waals surface area contributed by atoms with Crippen LogP contribution in [0.15, 0.2) is 47.4 Å². The molecule has 31 heavy (non-hydrogen) atoms. The molecule has 3 aromatic rings. The van der Waals surface area contributed by atoms with E-state index in [0.29, 0.717) is 20.8 Å². The van der Waals surface area contributed by atoms with Gasteiger partial charge in [0, 0.05) is 5.56 Å². The van der Waals surface area contributed by atoms with Gasteiger partial charge in [0.15, 0.2) is 0 Å². The van der Waals surface area contributed by atoms with Crippen LogP contribution in [0.4, 0.5) is 13.2 Å². The summed E-state index contributed by atoms with van der Waals surface area (Å²) in [4.78, 5) is 16.1. The molecule has 166 valence electrons. The molecule has 0 bridgehead atoms. The number of halogens is 3. The summed E-state index contributed by atoms with van der Waals surface area (Å²) in [6.45, 7) is 5.36. The van der Waals surface area contributed by atoms with Crippen LogP contribution >= 0.6 is 11.3 Å². The van der Waals surface area contributed by atoms with Gasteiger partial charge in [0.05, 0.1) is 16.6 Å². The fourth-order valence-electron chi connectivity index (χ4n) is 2.62. The van der Waals surface area contributed by atoms with Gasteiger partial charge in [0.1, 0.15) is 15.7 Å². The van der Waals surface area contributed by atoms with Crippen molar-refractivity contribution in [3.8, 4) is 16.3 Å². The zero-order valence-electron chi connectivity index (χ0n) is 16.7. The second-order valence-corrected chi connectivity index (χ2v) is 10.4. The minimum Gasteiger partial charge on any atom is -0.406 e. The van der Waals surface area contributed by atoms with Crippen LogP contribution < -0.4 is 4.74 Å². The van der Waals surface area contributed by atoms with Gasteiger partial charge in [-0.2, -0.15) is 8.42 Å². The highest BCUT2D eigenvalue weighted by molar-refractivity contribution is 7.87. The van der Waals surface area contributed by atoms with Gasteiger partial charge in [-0.25, -0.2) is 4.98 Å². The molecule has 0 aliphatic heterocycles. The van der Waals surface area contributed by atoms with Crippen molar-refractivity contribution >= 4 is 37.6 Å². The Hall–Kier alpha value is -2.66. The van der Waals surface area contributed by atoms with Crippen molar-refractivity contribution in [1.82, 2.24) is 4.98 Å². The Morgan fingerprint density at radius 3 is 2.29 bits per heavy atom. The van der Waals surface area contributed by atoms with E-state index in [4.69, 9.17) is 4.18 Å². The smallest absolute Gasteiger partial charge is 0.406 e. The highest BCUT2D eigenvalue weighted by Gasteiger charge is 2.31. The first-order chi connectivity index (χ1) is 14.2. The lowest BCUT2D eigenvalue weighted by molar-refractivity contribution is -0.274. The Morgan fingerprint density at radius 2 is 1.71 bits per heavy atom. The minimum atomic E-state index is -4.78. The third-order valence-electron chi connectivity index (χ3n) is 3.86. The number of hydrogen-bond donors (Lipinski definition) is 0. The summed E-state index contributed by atoms with van der Waals surface area (Å²) in [5.41, 5.74) is 0.608. The Balaban J connectivity index is 1.84. The molecule has 0 aliphatic carbocycles. The first-order valence-corrected chi connectivity index (χ1v) is 11.2. The van der Waals surface area contributed by atoms with Crippen LogP contribution in [0, 0.1) is 5.41 Å². The molecule has 0 amide bonds. The summed E-state index contributed by atoms with van der Waals surface area (Å²) in [7, 11) is -4.30. The van der Waals surface area contributed by atoms with Crippen LogP contribution in [0.1, 0.15) is 27.2 Å². The number of hydrogen-bond acceptors (Lipinski definition) is 7. The van der Waals surface area contributed by atoms with Crippen molar-refractivity contribution in [2.45, 2.75) is 38.4 Å². The molecule has 1 heterocycles. The monoisotopic (exact) mass is 473 g/mol. The molecular weight excluding hydrogens is 455 g/mol. The van der Waals surface area contributed by atoms with E-state index in [0.717, 1.165) is 11.3 Å². The predicted octanol–water partition coefficient (Wildman–Crippen LogP) is 5.53. The number of carbonyl (C=O) groups excluding carboxylic acids is 1. The van der Waals surface area contributed by atoms with E-state index in [1.54, 1.807) is 20.8 Å². The number of fused-ring (bicyclic) bond motifs is 1. The number of benzene rings is 2. The Labute approximate surface area is 180 Å². The fraction of sp³-hybridized carbons (Fsp3) is 0.300. The highest BCUT2D eigenvalue weighted by Crippen LogP contribution is 2.33. The summed E-state index contributed by atoms with van der Waals surface area (Å²) in [5, 5.41) is 0.479. The molecule has 0 N–H and O–H groups in total. The van der Waals surface area contributed by atoms with Crippen LogP contribution in [-0.4, -0.2) is 25.7 Å². The maximum Gasteiger partial charge on any atom is 0.573 e. The third-order valence-corrected chi connectivity index (χ3v) is 6.16. The van der Waals surface area contributed by atoms with Gasteiger partial charge in [0.25, 0.3) is 0 Å². The summed E-state index contributed by atoms with van der Waals surface area (Å²) in [5.74, 6) is -1.21. The van der Waals surface area contributed by atoms with Crippen molar-refractivity contribution in [2.24, 2.45) is 5.41 Å². The van der Waals surface area contributed by atoms with Gasteiger partial charge >= 0.3 is 22.4 Å². The molecule has 11 heteroatoms. The average molecular weight is 473 g/mol. The topological polar surface area (TPSA) is 82.6 Å². The second kappa shape index (κ2) is 8.12. The number of rotatable bonds is 5. The lowest BCUT2D eigenvalue weighted by Gasteiger charge is -2.16. The van der Waals surface area contributed by atoms with Crippen LogP contribution in [-0.2, 0) is 19.1 Å². The number of nitrogens with zero attached hydrogens (tertiary/aromatic N) is 1. The number of aromatic nitrogens is 1. The molecule has 0 spiro atoms. The number of carbonyl (C=O) groups is 1. The quantitative estimate of drug-likeness (QED) is 0.453. The molecule has 0 aliphatic rings. The zero-order chi connectivity index (χ0) is 23.0. The summed E-state index contributed by atoms with van der Waals surface area (Å²) < 4.78 is 70.8. The van der Waals surface area contributed by atoms with Crippen molar-refractivity contribution in [1.29, 1.82) is 0 Å². The largest absolute Gasteiger partial charge is 0.573 e. The molecule has 6 nitrogen and oxygen atoms in total. The summed E-state index contributed by atoms with van der Waals surface area (Å²) in [6.07, 6.45) is -4.84. The Bertz CT molecular complexity index is 1210. The number of alkyl halides is 3. The molecule has 0 saturated heterocycles. The molecule has 0 atom stereocenters. The summed E-state index contributed by atoms with van der Waals surface area (Å²) in [6, 6.07) is 9.28. The maximum atomic E-state index is 12.4. The van der Waals surface area contributed by atoms with Crippen molar-refractivity contribution in [2.75, 3.05) is 0 Å². The fourth-order valence-corrected chi connectivity index (χ4v) is 4.60. The van der Waals surface area contributed by atoms with Gasteiger partial charge in [-0.1, -0.05) is 20.8 Å². The van der Waals surface area contributed by atoms with Crippen molar-refractivity contribution < 1.29 is 35.3 Å². The highest BCUT2D eigenvalue weighted by atomic mass is 32.2. The molecular formula is C20H18F3NO5S2. The Morgan fingerprint density at radius 1 is 1.06 bits per heavy atom. The van der Waals surface area contributed by atoms with Gasteiger partial charge < -0.3 is 8.92 Å².